The summed E-state index contributed by atoms with van der Waals surface area (Å²) in [4.78, 5) is 14.6. The highest BCUT2D eigenvalue weighted by molar-refractivity contribution is 7.89. The predicted octanol–water partition coefficient (Wildman–Crippen LogP) is 2.23. The minimum Gasteiger partial charge on any atom is -0.352 e. The molecule has 0 aromatic heterocycles. The number of hydrogen-bond acceptors (Lipinski definition) is 4. The van der Waals surface area contributed by atoms with Crippen LogP contribution >= 0.6 is 0 Å². The lowest BCUT2D eigenvalue weighted by molar-refractivity contribution is -0.122. The number of piperidine rings is 1. The fourth-order valence-electron chi connectivity index (χ4n) is 3.42. The van der Waals surface area contributed by atoms with Gasteiger partial charge in [-0.3, -0.25) is 9.69 Å². The molecule has 1 saturated heterocycles. The molecule has 2 aromatic rings. The van der Waals surface area contributed by atoms with Gasteiger partial charge in [0.15, 0.2) is 0 Å². The van der Waals surface area contributed by atoms with Gasteiger partial charge in [-0.15, -0.1) is 0 Å². The smallest absolute Gasteiger partial charge is 0.243 e. The van der Waals surface area contributed by atoms with E-state index in [1.165, 1.54) is 24.7 Å². The van der Waals surface area contributed by atoms with Gasteiger partial charge in [-0.25, -0.2) is 12.8 Å². The molecule has 1 heterocycles. The molecule has 0 aliphatic carbocycles. The van der Waals surface area contributed by atoms with E-state index in [0.29, 0.717) is 0 Å². The molecule has 6 nitrogen and oxygen atoms in total. The first-order valence-electron chi connectivity index (χ1n) is 9.62. The van der Waals surface area contributed by atoms with E-state index in [9.17, 15) is 17.6 Å². The summed E-state index contributed by atoms with van der Waals surface area (Å²) in [5.74, 6) is -0.845. The Labute approximate surface area is 171 Å². The van der Waals surface area contributed by atoms with Crippen LogP contribution in [0.5, 0.6) is 0 Å². The van der Waals surface area contributed by atoms with E-state index in [1.807, 2.05) is 18.2 Å². The Hall–Kier alpha value is -2.29. The third-order valence-electron chi connectivity index (χ3n) is 5.09. The number of carbonyl (C=O) groups excluding carboxylic acids is 1. The summed E-state index contributed by atoms with van der Waals surface area (Å²) in [6.07, 6.45) is 1.65. The van der Waals surface area contributed by atoms with Crippen LogP contribution in [-0.4, -0.2) is 56.3 Å². The summed E-state index contributed by atoms with van der Waals surface area (Å²) in [6, 6.07) is 14.9. The molecule has 0 radical (unpaired) electrons. The zero-order valence-electron chi connectivity index (χ0n) is 16.4. The van der Waals surface area contributed by atoms with Crippen LogP contribution in [0.3, 0.4) is 0 Å². The van der Waals surface area contributed by atoms with E-state index in [0.717, 1.165) is 48.9 Å². The lowest BCUT2D eigenvalue weighted by Gasteiger charge is -2.32. The predicted molar refractivity (Wildman–Crippen MR) is 109 cm³/mol. The topological polar surface area (TPSA) is 69.7 Å². The van der Waals surface area contributed by atoms with Crippen molar-refractivity contribution in [3.8, 4) is 0 Å². The molecular formula is C21H26FN3O3S. The second-order valence-electron chi connectivity index (χ2n) is 7.32. The molecule has 8 heteroatoms. The SMILES string of the molecule is CN(CC(=O)NC1CCN(Cc2ccccc2)CC1)S(=O)(=O)c1ccc(F)cc1. The van der Waals surface area contributed by atoms with Crippen LogP contribution in [0.25, 0.3) is 0 Å². The standard InChI is InChI=1S/C21H26FN3O3S/c1-24(29(27,28)20-9-7-18(22)8-10-20)16-21(26)23-19-11-13-25(14-12-19)15-17-5-3-2-4-6-17/h2-10,19H,11-16H2,1H3,(H,23,26). The minimum atomic E-state index is -3.84. The molecule has 1 fully saturated rings. The second-order valence-corrected chi connectivity index (χ2v) is 9.36. The van der Waals surface area contributed by atoms with Crippen molar-refractivity contribution in [3.63, 3.8) is 0 Å². The number of likely N-dealkylation sites (tertiary alicyclic amines) is 1. The molecule has 29 heavy (non-hydrogen) atoms. The fraction of sp³-hybridized carbons (Fsp3) is 0.381. The number of likely N-dealkylation sites (N-methyl/N-ethyl adjacent to an activating group) is 1. The molecule has 2 aromatic carbocycles. The molecule has 3 rings (SSSR count). The van der Waals surface area contributed by atoms with Crippen LogP contribution in [0, 0.1) is 5.82 Å². The van der Waals surface area contributed by atoms with Gasteiger partial charge in [0.2, 0.25) is 15.9 Å². The van der Waals surface area contributed by atoms with E-state index < -0.39 is 15.8 Å². The van der Waals surface area contributed by atoms with Gasteiger partial charge < -0.3 is 5.32 Å². The van der Waals surface area contributed by atoms with Crippen molar-refractivity contribution in [1.82, 2.24) is 14.5 Å². The van der Waals surface area contributed by atoms with Gasteiger partial charge in [-0.2, -0.15) is 4.31 Å². The van der Waals surface area contributed by atoms with Gasteiger partial charge in [0.25, 0.3) is 0 Å². The molecule has 1 aliphatic heterocycles. The van der Waals surface area contributed by atoms with E-state index in [4.69, 9.17) is 0 Å². The number of carbonyl (C=O) groups is 1. The number of halogens is 1. The fourth-order valence-corrected chi connectivity index (χ4v) is 4.55. The molecule has 156 valence electrons. The lowest BCUT2D eigenvalue weighted by Crippen LogP contribution is -2.47. The van der Waals surface area contributed by atoms with E-state index in [1.54, 1.807) is 0 Å². The Bertz CT molecular complexity index is 912. The van der Waals surface area contributed by atoms with Crippen molar-refractivity contribution in [1.29, 1.82) is 0 Å². The number of sulfonamides is 1. The number of rotatable bonds is 7. The van der Waals surface area contributed by atoms with Gasteiger partial charge in [-0.1, -0.05) is 30.3 Å². The van der Waals surface area contributed by atoms with Gasteiger partial charge >= 0.3 is 0 Å². The number of nitrogens with zero attached hydrogens (tertiary/aromatic N) is 2. The highest BCUT2D eigenvalue weighted by atomic mass is 32.2. The van der Waals surface area contributed by atoms with Crippen molar-refractivity contribution in [2.75, 3.05) is 26.7 Å². The van der Waals surface area contributed by atoms with Crippen molar-refractivity contribution in [2.24, 2.45) is 0 Å². The Morgan fingerprint density at radius 2 is 1.72 bits per heavy atom. The zero-order valence-corrected chi connectivity index (χ0v) is 17.2. The largest absolute Gasteiger partial charge is 0.352 e. The van der Waals surface area contributed by atoms with Gasteiger partial charge in [-0.05, 0) is 42.7 Å². The number of benzene rings is 2. The molecule has 1 aliphatic rings. The Morgan fingerprint density at radius 1 is 1.10 bits per heavy atom. The van der Waals surface area contributed by atoms with Gasteiger partial charge in [0.1, 0.15) is 5.82 Å². The first-order valence-corrected chi connectivity index (χ1v) is 11.1. The third kappa shape index (κ3) is 5.85. The Balaban J connectivity index is 1.46. The van der Waals surface area contributed by atoms with Crippen molar-refractivity contribution in [3.05, 3.63) is 66.0 Å². The summed E-state index contributed by atoms with van der Waals surface area (Å²) in [5, 5.41) is 2.94. The van der Waals surface area contributed by atoms with Crippen molar-refractivity contribution < 1.29 is 17.6 Å². The minimum absolute atomic E-state index is 0.0384. The molecular weight excluding hydrogens is 393 g/mol. The van der Waals surface area contributed by atoms with Gasteiger partial charge in [0.05, 0.1) is 11.4 Å². The zero-order chi connectivity index (χ0) is 20.9. The van der Waals surface area contributed by atoms with Crippen molar-refractivity contribution in [2.45, 2.75) is 30.3 Å². The average Bonchev–Trinajstić information content (AvgIpc) is 2.70. The van der Waals surface area contributed by atoms with Crippen LogP contribution in [0.2, 0.25) is 0 Å². The van der Waals surface area contributed by atoms with Crippen LogP contribution in [0.4, 0.5) is 4.39 Å². The molecule has 1 amide bonds. The first-order chi connectivity index (χ1) is 13.8. The van der Waals surface area contributed by atoms with E-state index in [2.05, 4.69) is 22.3 Å². The Morgan fingerprint density at radius 3 is 2.34 bits per heavy atom. The highest BCUT2D eigenvalue weighted by Crippen LogP contribution is 2.16. The molecule has 0 bridgehead atoms. The van der Waals surface area contributed by atoms with Gasteiger partial charge in [0, 0.05) is 32.7 Å². The lowest BCUT2D eigenvalue weighted by atomic mass is 10.0. The second kappa shape index (κ2) is 9.47. The quantitative estimate of drug-likeness (QED) is 0.747. The van der Waals surface area contributed by atoms with E-state index >= 15 is 0 Å². The maximum atomic E-state index is 13.0. The monoisotopic (exact) mass is 419 g/mol. The molecule has 0 atom stereocenters. The van der Waals surface area contributed by atoms with Crippen LogP contribution in [-0.2, 0) is 21.4 Å². The van der Waals surface area contributed by atoms with E-state index in [-0.39, 0.29) is 23.4 Å². The van der Waals surface area contributed by atoms with Crippen LogP contribution in [0.15, 0.2) is 59.5 Å². The molecule has 1 N–H and O–H groups in total. The van der Waals surface area contributed by atoms with Crippen LogP contribution < -0.4 is 5.32 Å². The molecule has 0 saturated carbocycles. The highest BCUT2D eigenvalue weighted by Gasteiger charge is 2.25. The first kappa shape index (κ1) is 21.4. The maximum absolute atomic E-state index is 13.0. The third-order valence-corrected chi connectivity index (χ3v) is 6.91. The number of amides is 1. The molecule has 0 unspecified atom stereocenters. The number of nitrogens with one attached hydrogen (secondary N) is 1. The maximum Gasteiger partial charge on any atom is 0.243 e. The Kier molecular flexibility index (Phi) is 7.00. The summed E-state index contributed by atoms with van der Waals surface area (Å²) in [7, 11) is -2.49. The normalized spacial score (nSPS) is 16.1. The van der Waals surface area contributed by atoms with Crippen LogP contribution in [0.1, 0.15) is 18.4 Å². The average molecular weight is 420 g/mol. The summed E-state index contributed by atoms with van der Waals surface area (Å²) in [5.41, 5.74) is 1.27. The summed E-state index contributed by atoms with van der Waals surface area (Å²) >= 11 is 0. The molecule has 0 spiro atoms. The number of hydrogen-bond donors (Lipinski definition) is 1. The van der Waals surface area contributed by atoms with Crippen molar-refractivity contribution >= 4 is 15.9 Å². The summed E-state index contributed by atoms with van der Waals surface area (Å²) < 4.78 is 39.0. The summed E-state index contributed by atoms with van der Waals surface area (Å²) in [6.45, 7) is 2.37.